The van der Waals surface area contributed by atoms with Gasteiger partial charge in [-0.1, -0.05) is 11.8 Å². The van der Waals surface area contributed by atoms with Crippen molar-refractivity contribution in [2.75, 3.05) is 6.61 Å². The van der Waals surface area contributed by atoms with E-state index >= 15 is 0 Å². The fourth-order valence-corrected chi connectivity index (χ4v) is 2.92. The zero-order valence-electron chi connectivity index (χ0n) is 8.42. The van der Waals surface area contributed by atoms with Crippen molar-refractivity contribution in [2.45, 2.75) is 29.4 Å². The van der Waals surface area contributed by atoms with E-state index in [2.05, 4.69) is 0 Å². The molecule has 1 nitrogen and oxygen atoms in total. The lowest BCUT2D eigenvalue weighted by Gasteiger charge is -2.13. The maximum Gasteiger partial charge on any atom is 0.288 e. The molecule has 1 aliphatic rings. The highest BCUT2D eigenvalue weighted by Crippen LogP contribution is 2.42. The van der Waals surface area contributed by atoms with Gasteiger partial charge in [0.15, 0.2) is 0 Å². The molecule has 2 rings (SSSR count). The van der Waals surface area contributed by atoms with E-state index in [9.17, 15) is 13.2 Å². The van der Waals surface area contributed by atoms with Gasteiger partial charge in [-0.3, -0.25) is 0 Å². The Balaban J connectivity index is 2.43. The van der Waals surface area contributed by atoms with Gasteiger partial charge in [0.1, 0.15) is 5.82 Å². The van der Waals surface area contributed by atoms with Gasteiger partial charge < -0.3 is 5.11 Å². The van der Waals surface area contributed by atoms with Crippen molar-refractivity contribution in [3.05, 3.63) is 29.1 Å². The van der Waals surface area contributed by atoms with Crippen molar-refractivity contribution >= 4 is 11.8 Å². The molecule has 0 fully saturated rings. The van der Waals surface area contributed by atoms with Gasteiger partial charge in [-0.2, -0.15) is 8.78 Å². The van der Waals surface area contributed by atoms with Crippen LogP contribution in [0.2, 0.25) is 0 Å². The summed E-state index contributed by atoms with van der Waals surface area (Å²) in [5.41, 5.74) is 1.07. The standard InChI is InChI=1S/C11H11F3OS/c12-8-3-4-9(16-11(13)14)10-6(5-15)1-2-7(8)10/h3-4,6,11,15H,1-2,5H2. The lowest BCUT2D eigenvalue weighted by molar-refractivity contribution is 0.251. The van der Waals surface area contributed by atoms with Crippen LogP contribution in [0.1, 0.15) is 23.5 Å². The second kappa shape index (κ2) is 4.67. The van der Waals surface area contributed by atoms with Crippen LogP contribution in [0.4, 0.5) is 13.2 Å². The summed E-state index contributed by atoms with van der Waals surface area (Å²) in [6.07, 6.45) is 1.15. The van der Waals surface area contributed by atoms with E-state index in [1.54, 1.807) is 0 Å². The molecule has 0 saturated heterocycles. The van der Waals surface area contributed by atoms with Crippen LogP contribution in [-0.2, 0) is 6.42 Å². The van der Waals surface area contributed by atoms with Gasteiger partial charge in [-0.15, -0.1) is 0 Å². The van der Waals surface area contributed by atoms with Gasteiger partial charge in [-0.25, -0.2) is 4.39 Å². The summed E-state index contributed by atoms with van der Waals surface area (Å²) in [7, 11) is 0. The van der Waals surface area contributed by atoms with Gasteiger partial charge in [-0.05, 0) is 36.1 Å². The van der Waals surface area contributed by atoms with Gasteiger partial charge >= 0.3 is 0 Å². The fraction of sp³-hybridized carbons (Fsp3) is 0.455. The van der Waals surface area contributed by atoms with Crippen LogP contribution in [0.15, 0.2) is 17.0 Å². The van der Waals surface area contributed by atoms with E-state index in [1.807, 2.05) is 0 Å². The molecule has 0 aliphatic heterocycles. The molecular weight excluding hydrogens is 237 g/mol. The van der Waals surface area contributed by atoms with Gasteiger partial charge in [0.25, 0.3) is 5.76 Å². The Morgan fingerprint density at radius 3 is 2.81 bits per heavy atom. The van der Waals surface area contributed by atoms with E-state index < -0.39 is 5.76 Å². The average molecular weight is 248 g/mol. The predicted octanol–water partition coefficient (Wildman–Crippen LogP) is 3.16. The number of aliphatic hydroxyl groups excluding tert-OH is 1. The maximum absolute atomic E-state index is 13.4. The molecule has 0 saturated carbocycles. The molecule has 1 atom stereocenters. The average Bonchev–Trinajstić information content (AvgIpc) is 2.66. The molecule has 0 heterocycles. The van der Waals surface area contributed by atoms with Crippen molar-refractivity contribution in [1.82, 2.24) is 0 Å². The number of aliphatic hydroxyl groups is 1. The number of alkyl halides is 2. The highest BCUT2D eigenvalue weighted by atomic mass is 32.2. The molecule has 5 heteroatoms. The van der Waals surface area contributed by atoms with Crippen LogP contribution in [0, 0.1) is 5.82 Å². The molecule has 1 aliphatic carbocycles. The Morgan fingerprint density at radius 2 is 2.19 bits per heavy atom. The minimum atomic E-state index is -2.52. The molecule has 88 valence electrons. The van der Waals surface area contributed by atoms with Gasteiger partial charge in [0.2, 0.25) is 0 Å². The predicted molar refractivity (Wildman–Crippen MR) is 56.4 cm³/mol. The first kappa shape index (κ1) is 11.8. The molecule has 0 radical (unpaired) electrons. The monoisotopic (exact) mass is 248 g/mol. The van der Waals surface area contributed by atoms with Crippen molar-refractivity contribution in [3.8, 4) is 0 Å². The number of hydrogen-bond donors (Lipinski definition) is 1. The van der Waals surface area contributed by atoms with Crippen LogP contribution in [0.25, 0.3) is 0 Å². The summed E-state index contributed by atoms with van der Waals surface area (Å²) in [5, 5.41) is 9.14. The van der Waals surface area contributed by atoms with Crippen molar-refractivity contribution in [2.24, 2.45) is 0 Å². The molecule has 0 aromatic heterocycles. The Hall–Kier alpha value is -0.680. The Labute approximate surface area is 95.7 Å². The van der Waals surface area contributed by atoms with Crippen LogP contribution in [0.5, 0.6) is 0 Å². The van der Waals surface area contributed by atoms with Crippen LogP contribution < -0.4 is 0 Å². The second-order valence-electron chi connectivity index (χ2n) is 3.73. The summed E-state index contributed by atoms with van der Waals surface area (Å²) in [6, 6.07) is 2.60. The SMILES string of the molecule is OCC1CCc2c(F)ccc(SC(F)F)c21. The highest BCUT2D eigenvalue weighted by Gasteiger charge is 2.28. The van der Waals surface area contributed by atoms with Crippen molar-refractivity contribution in [3.63, 3.8) is 0 Å². The van der Waals surface area contributed by atoms with E-state index in [4.69, 9.17) is 5.11 Å². The molecule has 0 bridgehead atoms. The topological polar surface area (TPSA) is 20.2 Å². The summed E-state index contributed by atoms with van der Waals surface area (Å²) < 4.78 is 38.1. The van der Waals surface area contributed by atoms with Crippen LogP contribution in [0.3, 0.4) is 0 Å². The first-order chi connectivity index (χ1) is 7.63. The number of hydrogen-bond acceptors (Lipinski definition) is 2. The Morgan fingerprint density at radius 1 is 1.44 bits per heavy atom. The van der Waals surface area contributed by atoms with Crippen molar-refractivity contribution in [1.29, 1.82) is 0 Å². The highest BCUT2D eigenvalue weighted by molar-refractivity contribution is 7.99. The molecule has 0 spiro atoms. The number of halogens is 3. The zero-order chi connectivity index (χ0) is 11.7. The number of rotatable bonds is 3. The normalized spacial score (nSPS) is 19.2. The molecular formula is C11H11F3OS. The quantitative estimate of drug-likeness (QED) is 0.829. The Bertz CT molecular complexity index is 395. The van der Waals surface area contributed by atoms with E-state index in [0.29, 0.717) is 40.6 Å². The van der Waals surface area contributed by atoms with Gasteiger partial charge in [0.05, 0.1) is 0 Å². The summed E-state index contributed by atoms with van der Waals surface area (Å²) >= 11 is 0.421. The first-order valence-corrected chi connectivity index (χ1v) is 5.88. The third kappa shape index (κ3) is 2.06. The summed E-state index contributed by atoms with van der Waals surface area (Å²) in [4.78, 5) is 0.392. The maximum atomic E-state index is 13.4. The lowest BCUT2D eigenvalue weighted by Crippen LogP contribution is -2.02. The van der Waals surface area contributed by atoms with E-state index in [0.717, 1.165) is 0 Å². The lowest BCUT2D eigenvalue weighted by atomic mass is 10.0. The minimum Gasteiger partial charge on any atom is -0.396 e. The third-order valence-corrected chi connectivity index (χ3v) is 3.64. The molecule has 1 aromatic rings. The molecule has 1 N–H and O–H groups in total. The van der Waals surface area contributed by atoms with E-state index in [-0.39, 0.29) is 18.3 Å². The third-order valence-electron chi connectivity index (χ3n) is 2.85. The summed E-state index contributed by atoms with van der Waals surface area (Å²) in [6.45, 7) is -0.118. The van der Waals surface area contributed by atoms with Crippen molar-refractivity contribution < 1.29 is 18.3 Å². The van der Waals surface area contributed by atoms with Gasteiger partial charge in [0, 0.05) is 17.4 Å². The number of benzene rings is 1. The molecule has 0 amide bonds. The second-order valence-corrected chi connectivity index (χ2v) is 4.77. The molecule has 1 unspecified atom stereocenters. The Kier molecular flexibility index (Phi) is 3.44. The number of fused-ring (bicyclic) bond motifs is 1. The first-order valence-electron chi connectivity index (χ1n) is 5.00. The molecule has 16 heavy (non-hydrogen) atoms. The largest absolute Gasteiger partial charge is 0.396 e. The van der Waals surface area contributed by atoms with E-state index in [1.165, 1.54) is 12.1 Å². The smallest absolute Gasteiger partial charge is 0.288 e. The zero-order valence-corrected chi connectivity index (χ0v) is 9.24. The van der Waals surface area contributed by atoms with Crippen LogP contribution in [-0.4, -0.2) is 17.5 Å². The van der Waals surface area contributed by atoms with Crippen LogP contribution >= 0.6 is 11.8 Å². The molecule has 1 aromatic carbocycles. The fourth-order valence-electron chi connectivity index (χ4n) is 2.16. The number of thioether (sulfide) groups is 1. The minimum absolute atomic E-state index is 0.118. The summed E-state index contributed by atoms with van der Waals surface area (Å²) in [5.74, 6) is -3.08.